The molecule has 0 atom stereocenters. The highest BCUT2D eigenvalue weighted by Crippen LogP contribution is 2.26. The Kier molecular flexibility index (Phi) is 6.50. The van der Waals surface area contributed by atoms with Gasteiger partial charge >= 0.3 is 0 Å². The van der Waals surface area contributed by atoms with Crippen LogP contribution in [-0.2, 0) is 17.3 Å². The van der Waals surface area contributed by atoms with Crippen LogP contribution in [0.25, 0.3) is 5.57 Å². The van der Waals surface area contributed by atoms with E-state index in [1.54, 1.807) is 30.6 Å². The quantitative estimate of drug-likeness (QED) is 0.422. The van der Waals surface area contributed by atoms with E-state index in [0.717, 1.165) is 12.6 Å². The number of carbonyl (C=O) groups is 1. The van der Waals surface area contributed by atoms with Crippen molar-refractivity contribution in [2.24, 2.45) is 0 Å². The molecule has 0 fully saturated rings. The minimum Gasteiger partial charge on any atom is -0.298 e. The maximum absolute atomic E-state index is 13.5. The van der Waals surface area contributed by atoms with Crippen LogP contribution in [0, 0.1) is 6.92 Å². The highest BCUT2D eigenvalue weighted by atomic mass is 19.3. The van der Waals surface area contributed by atoms with Crippen LogP contribution < -0.4 is 5.56 Å². The van der Waals surface area contributed by atoms with Crippen LogP contribution >= 0.6 is 0 Å². The van der Waals surface area contributed by atoms with Crippen LogP contribution in [-0.4, -0.2) is 20.8 Å². The molecule has 2 aromatic heterocycles. The van der Waals surface area contributed by atoms with E-state index in [0.29, 0.717) is 30.1 Å². The molecule has 2 heterocycles. The van der Waals surface area contributed by atoms with E-state index in [4.69, 9.17) is 0 Å². The molecule has 0 aliphatic carbocycles. The van der Waals surface area contributed by atoms with Crippen molar-refractivity contribution in [1.82, 2.24) is 14.5 Å². The first-order valence-corrected chi connectivity index (χ1v) is 8.48. The first kappa shape index (κ1) is 20.4. The third-order valence-corrected chi connectivity index (χ3v) is 3.98. The summed E-state index contributed by atoms with van der Waals surface area (Å²) in [6.07, 6.45) is 9.23. The Balaban J connectivity index is 2.42. The molecule has 0 aliphatic heterocycles. The number of halogens is 2. The number of aldehydes is 1. The van der Waals surface area contributed by atoms with Gasteiger partial charge in [0, 0.05) is 30.5 Å². The van der Waals surface area contributed by atoms with Crippen molar-refractivity contribution in [2.45, 2.75) is 39.7 Å². The van der Waals surface area contributed by atoms with Gasteiger partial charge in [0.15, 0.2) is 6.29 Å². The number of nitrogens with zero attached hydrogens (tertiary/aromatic N) is 3. The molecule has 27 heavy (non-hydrogen) atoms. The monoisotopic (exact) mass is 373 g/mol. The maximum Gasteiger partial charge on any atom is 0.287 e. The second-order valence-electron chi connectivity index (χ2n) is 6.18. The highest BCUT2D eigenvalue weighted by molar-refractivity contribution is 6.07. The zero-order valence-corrected chi connectivity index (χ0v) is 15.4. The van der Waals surface area contributed by atoms with Crippen molar-refractivity contribution < 1.29 is 13.6 Å². The van der Waals surface area contributed by atoms with Gasteiger partial charge in [0.05, 0.1) is 12.9 Å². The molecule has 7 heteroatoms. The summed E-state index contributed by atoms with van der Waals surface area (Å²) in [5.41, 5.74) is 0.695. The lowest BCUT2D eigenvalue weighted by Crippen LogP contribution is -2.28. The summed E-state index contributed by atoms with van der Waals surface area (Å²) < 4.78 is 28.3. The molecule has 0 aliphatic rings. The van der Waals surface area contributed by atoms with E-state index in [9.17, 15) is 18.4 Å². The van der Waals surface area contributed by atoms with Crippen molar-refractivity contribution in [3.63, 3.8) is 0 Å². The van der Waals surface area contributed by atoms with E-state index in [-0.39, 0.29) is 12.1 Å². The Morgan fingerprint density at radius 2 is 1.96 bits per heavy atom. The zero-order valence-electron chi connectivity index (χ0n) is 15.4. The highest BCUT2D eigenvalue weighted by Gasteiger charge is 2.29. The first-order chi connectivity index (χ1) is 12.8. The van der Waals surface area contributed by atoms with Crippen LogP contribution in [0.5, 0.6) is 0 Å². The molecule has 0 spiro atoms. The topological polar surface area (TPSA) is 64.8 Å². The van der Waals surface area contributed by atoms with Crippen molar-refractivity contribution in [2.75, 3.05) is 0 Å². The predicted molar refractivity (Wildman–Crippen MR) is 99.5 cm³/mol. The Morgan fingerprint density at radius 3 is 2.52 bits per heavy atom. The number of pyridine rings is 1. The average molecular weight is 373 g/mol. The fraction of sp³-hybridized carbons (Fsp3) is 0.300. The minimum absolute atomic E-state index is 0.0884. The smallest absolute Gasteiger partial charge is 0.287 e. The Labute approximate surface area is 156 Å². The van der Waals surface area contributed by atoms with E-state index < -0.39 is 17.2 Å². The summed E-state index contributed by atoms with van der Waals surface area (Å²) >= 11 is 0. The van der Waals surface area contributed by atoms with Crippen molar-refractivity contribution >= 4 is 11.9 Å². The molecule has 0 radical (unpaired) electrons. The molecule has 0 unspecified atom stereocenters. The van der Waals surface area contributed by atoms with E-state index in [2.05, 4.69) is 9.97 Å². The average Bonchev–Trinajstić information content (AvgIpc) is 2.63. The Morgan fingerprint density at radius 1 is 1.30 bits per heavy atom. The van der Waals surface area contributed by atoms with E-state index >= 15 is 0 Å². The number of allylic oxidation sites excluding steroid dienone is 4. The molecule has 142 valence electrons. The number of alkyl halides is 2. The summed E-state index contributed by atoms with van der Waals surface area (Å²) in [4.78, 5) is 31.6. The molecule has 0 saturated heterocycles. The largest absolute Gasteiger partial charge is 0.298 e. The molecule has 0 N–H and O–H groups in total. The van der Waals surface area contributed by atoms with Crippen molar-refractivity contribution in [1.29, 1.82) is 0 Å². The Bertz CT molecular complexity index is 926. The number of rotatable bonds is 7. The van der Waals surface area contributed by atoms with E-state index in [1.807, 2.05) is 13.0 Å². The standard InChI is InChI=1S/C20H21F2N3O2/c1-4-5-15(10-17(12-26)16-6-8-23-9-7-16)11-25-13-24-18(20(3,21)22)14(2)19(25)27/h5-10,12-13H,4,11H2,1-3H3/b15-5-,17-10+. The Hall–Kier alpha value is -2.96. The van der Waals surface area contributed by atoms with Crippen LogP contribution in [0.4, 0.5) is 8.78 Å². The lowest BCUT2D eigenvalue weighted by molar-refractivity contribution is -0.103. The van der Waals surface area contributed by atoms with Crippen LogP contribution in [0.1, 0.15) is 37.1 Å². The molecule has 0 amide bonds. The molecule has 5 nitrogen and oxygen atoms in total. The van der Waals surface area contributed by atoms with E-state index in [1.165, 1.54) is 11.5 Å². The van der Waals surface area contributed by atoms with Gasteiger partial charge in [0.1, 0.15) is 5.69 Å². The molecule has 0 saturated carbocycles. The number of hydrogen-bond acceptors (Lipinski definition) is 4. The summed E-state index contributed by atoms with van der Waals surface area (Å²) in [6.45, 7) is 4.10. The maximum atomic E-state index is 13.5. The van der Waals surface area contributed by atoms with Gasteiger partial charge in [-0.05, 0) is 42.7 Å². The summed E-state index contributed by atoms with van der Waals surface area (Å²) in [5, 5.41) is 0. The third-order valence-electron chi connectivity index (χ3n) is 3.98. The fourth-order valence-corrected chi connectivity index (χ4v) is 2.71. The SMILES string of the molecule is CC/C=C(/C=C(\C=O)c1ccncc1)Cn1cnc(C(C)(F)F)c(C)c1=O. The summed E-state index contributed by atoms with van der Waals surface area (Å²) in [7, 11) is 0. The molecular formula is C20H21F2N3O2. The summed E-state index contributed by atoms with van der Waals surface area (Å²) in [6, 6.07) is 3.42. The second-order valence-corrected chi connectivity index (χ2v) is 6.18. The molecule has 2 aromatic rings. The number of aromatic nitrogens is 3. The first-order valence-electron chi connectivity index (χ1n) is 8.48. The number of hydrogen-bond donors (Lipinski definition) is 0. The van der Waals surface area contributed by atoms with Gasteiger partial charge < -0.3 is 0 Å². The van der Waals surface area contributed by atoms with Gasteiger partial charge in [-0.25, -0.2) is 4.98 Å². The van der Waals surface area contributed by atoms with Gasteiger partial charge in [-0.3, -0.25) is 19.1 Å². The van der Waals surface area contributed by atoms with Gasteiger partial charge in [-0.15, -0.1) is 0 Å². The lowest BCUT2D eigenvalue weighted by atomic mass is 10.0. The van der Waals surface area contributed by atoms with Crippen LogP contribution in [0.2, 0.25) is 0 Å². The predicted octanol–water partition coefficient (Wildman–Crippen LogP) is 3.68. The van der Waals surface area contributed by atoms with Crippen molar-refractivity contribution in [3.8, 4) is 0 Å². The zero-order chi connectivity index (χ0) is 20.0. The molecule has 2 rings (SSSR count). The molecule has 0 bridgehead atoms. The van der Waals surface area contributed by atoms with Crippen LogP contribution in [0.3, 0.4) is 0 Å². The van der Waals surface area contributed by atoms with Gasteiger partial charge in [-0.1, -0.05) is 13.0 Å². The fourth-order valence-electron chi connectivity index (χ4n) is 2.71. The minimum atomic E-state index is -3.18. The third kappa shape index (κ3) is 5.03. The van der Waals surface area contributed by atoms with Crippen LogP contribution in [0.15, 0.2) is 53.4 Å². The van der Waals surface area contributed by atoms with Crippen molar-refractivity contribution in [3.05, 3.63) is 75.8 Å². The number of carbonyl (C=O) groups excluding carboxylic acids is 1. The normalized spacial score (nSPS) is 12.9. The molecular weight excluding hydrogens is 352 g/mol. The lowest BCUT2D eigenvalue weighted by Gasteiger charge is -2.14. The van der Waals surface area contributed by atoms with Gasteiger partial charge in [0.25, 0.3) is 11.5 Å². The second kappa shape index (κ2) is 8.62. The van der Waals surface area contributed by atoms with Gasteiger partial charge in [0.2, 0.25) is 0 Å². The van der Waals surface area contributed by atoms with Gasteiger partial charge in [-0.2, -0.15) is 8.78 Å². The molecule has 0 aromatic carbocycles. The summed E-state index contributed by atoms with van der Waals surface area (Å²) in [5.74, 6) is -3.18.